The molecule has 0 aliphatic heterocycles. The number of anilines is 1. The van der Waals surface area contributed by atoms with Crippen molar-refractivity contribution in [2.45, 2.75) is 13.0 Å². The van der Waals surface area contributed by atoms with E-state index < -0.39 is 0 Å². The Hall–Kier alpha value is -3.10. The van der Waals surface area contributed by atoms with Gasteiger partial charge >= 0.3 is 6.01 Å². The van der Waals surface area contributed by atoms with Crippen LogP contribution < -0.4 is 15.4 Å². The number of aromatic nitrogens is 2. The number of nitrogens with one attached hydrogen (secondary N) is 2. The Morgan fingerprint density at radius 2 is 1.90 bits per heavy atom. The Kier molecular flexibility index (Phi) is 7.26. The zero-order valence-electron chi connectivity index (χ0n) is 16.4. The van der Waals surface area contributed by atoms with Crippen LogP contribution in [0.4, 0.5) is 10.2 Å². The number of carbonyl (C=O) groups is 1. The smallest absolute Gasteiger partial charge is 0.304 e. The highest BCUT2D eigenvalue weighted by molar-refractivity contribution is 6.30. The van der Waals surface area contributed by atoms with Crippen LogP contribution in [0.2, 0.25) is 5.02 Å². The van der Waals surface area contributed by atoms with Crippen molar-refractivity contribution < 1.29 is 19.0 Å². The zero-order chi connectivity index (χ0) is 21.5. The molecule has 0 bridgehead atoms. The Morgan fingerprint density at radius 3 is 2.53 bits per heavy atom. The van der Waals surface area contributed by atoms with E-state index in [0.717, 1.165) is 5.56 Å². The van der Waals surface area contributed by atoms with E-state index in [1.54, 1.807) is 23.7 Å². The summed E-state index contributed by atoms with van der Waals surface area (Å²) < 4.78 is 20.7. The largest absolute Gasteiger partial charge is 0.425 e. The maximum Gasteiger partial charge on any atom is 0.304 e. The Morgan fingerprint density at radius 1 is 1.20 bits per heavy atom. The van der Waals surface area contributed by atoms with Gasteiger partial charge < -0.3 is 20.5 Å². The zero-order valence-corrected chi connectivity index (χ0v) is 17.1. The number of carbonyl (C=O) groups excluding carboxylic acids is 1. The van der Waals surface area contributed by atoms with Crippen LogP contribution in [0.25, 0.3) is 0 Å². The number of benzene rings is 2. The van der Waals surface area contributed by atoms with Gasteiger partial charge in [0.15, 0.2) is 11.5 Å². The van der Waals surface area contributed by atoms with Gasteiger partial charge in [0, 0.05) is 25.2 Å². The van der Waals surface area contributed by atoms with Crippen LogP contribution >= 0.6 is 11.6 Å². The van der Waals surface area contributed by atoms with Gasteiger partial charge in [-0.3, -0.25) is 9.36 Å². The van der Waals surface area contributed by atoms with E-state index in [-0.39, 0.29) is 30.0 Å². The van der Waals surface area contributed by atoms with Crippen molar-refractivity contribution in [3.05, 3.63) is 70.6 Å². The lowest BCUT2D eigenvalue weighted by molar-refractivity contribution is 0.0942. The van der Waals surface area contributed by atoms with Crippen molar-refractivity contribution >= 4 is 23.3 Å². The molecule has 0 fully saturated rings. The monoisotopic (exact) mass is 432 g/mol. The third-order valence-corrected chi connectivity index (χ3v) is 4.53. The fourth-order valence-corrected chi connectivity index (χ4v) is 2.93. The molecule has 0 unspecified atom stereocenters. The minimum atomic E-state index is -0.383. The second-order valence-electron chi connectivity index (χ2n) is 6.44. The topological polar surface area (TPSA) is 88.4 Å². The van der Waals surface area contributed by atoms with Crippen LogP contribution in [0.15, 0.2) is 48.5 Å². The number of hydrogen-bond acceptors (Lipinski definition) is 5. The highest BCUT2D eigenvalue weighted by Crippen LogP contribution is 2.28. The van der Waals surface area contributed by atoms with Gasteiger partial charge in [0.2, 0.25) is 0 Å². The number of hydrogen-bond donors (Lipinski definition) is 3. The van der Waals surface area contributed by atoms with E-state index >= 15 is 0 Å². The second kappa shape index (κ2) is 10.1. The van der Waals surface area contributed by atoms with Crippen LogP contribution in [-0.4, -0.2) is 40.8 Å². The van der Waals surface area contributed by atoms with Crippen molar-refractivity contribution in [1.82, 2.24) is 14.9 Å². The molecule has 0 spiro atoms. The highest BCUT2D eigenvalue weighted by Gasteiger charge is 2.24. The summed E-state index contributed by atoms with van der Waals surface area (Å²) in [5.74, 6) is -0.0221. The van der Waals surface area contributed by atoms with Gasteiger partial charge in [0.25, 0.3) is 5.91 Å². The fraction of sp³-hybridized carbons (Fsp3) is 0.238. The third-order valence-electron chi connectivity index (χ3n) is 4.28. The first-order valence-electron chi connectivity index (χ1n) is 9.37. The van der Waals surface area contributed by atoms with Crippen molar-refractivity contribution in [3.8, 4) is 11.8 Å². The summed E-state index contributed by atoms with van der Waals surface area (Å²) in [6.07, 6.45) is 0.435. The fourth-order valence-electron chi connectivity index (χ4n) is 2.81. The Labute approximate surface area is 178 Å². The molecule has 158 valence electrons. The highest BCUT2D eigenvalue weighted by atomic mass is 35.5. The quantitative estimate of drug-likeness (QED) is 0.449. The number of aliphatic hydroxyl groups is 1. The molecule has 0 aliphatic carbocycles. The molecular formula is C21H22ClFN4O3. The van der Waals surface area contributed by atoms with Gasteiger partial charge in [-0.25, -0.2) is 4.39 Å². The molecule has 1 heterocycles. The van der Waals surface area contributed by atoms with E-state index in [1.165, 1.54) is 24.3 Å². The van der Waals surface area contributed by atoms with Crippen molar-refractivity contribution in [1.29, 1.82) is 0 Å². The summed E-state index contributed by atoms with van der Waals surface area (Å²) in [5, 5.41) is 15.3. The molecule has 1 aromatic heterocycles. The number of nitrogens with zero attached hydrogens (tertiary/aromatic N) is 2. The maximum atomic E-state index is 13.2. The molecule has 2 aromatic carbocycles. The van der Waals surface area contributed by atoms with Crippen LogP contribution in [0.1, 0.15) is 22.5 Å². The summed E-state index contributed by atoms with van der Waals surface area (Å²) in [6.45, 7) is 0.589. The minimum absolute atomic E-state index is 0.0257. The van der Waals surface area contributed by atoms with Gasteiger partial charge in [-0.15, -0.1) is 0 Å². The lowest BCUT2D eigenvalue weighted by atomic mass is 10.2. The molecule has 3 N–H and O–H groups in total. The maximum absolute atomic E-state index is 13.2. The molecule has 0 aliphatic rings. The number of halogens is 2. The second-order valence-corrected chi connectivity index (χ2v) is 6.88. The minimum Gasteiger partial charge on any atom is -0.425 e. The lowest BCUT2D eigenvalue weighted by Crippen LogP contribution is -2.28. The van der Waals surface area contributed by atoms with Crippen molar-refractivity contribution in [3.63, 3.8) is 0 Å². The van der Waals surface area contributed by atoms with Gasteiger partial charge in [0.1, 0.15) is 11.6 Å². The summed E-state index contributed by atoms with van der Waals surface area (Å²) >= 11 is 5.98. The van der Waals surface area contributed by atoms with E-state index in [4.69, 9.17) is 21.4 Å². The van der Waals surface area contributed by atoms with Crippen LogP contribution in [0.3, 0.4) is 0 Å². The summed E-state index contributed by atoms with van der Waals surface area (Å²) in [6, 6.07) is 12.9. The first-order valence-corrected chi connectivity index (χ1v) is 9.75. The Balaban J connectivity index is 1.99. The number of amides is 1. The molecule has 9 heteroatoms. The predicted octanol–water partition coefficient (Wildman–Crippen LogP) is 3.67. The molecular weight excluding hydrogens is 411 g/mol. The Bertz CT molecular complexity index is 991. The van der Waals surface area contributed by atoms with Crippen molar-refractivity contribution in [2.75, 3.05) is 25.5 Å². The molecule has 1 amide bonds. The number of aliphatic hydroxyl groups excluding tert-OH is 1. The van der Waals surface area contributed by atoms with E-state index in [0.29, 0.717) is 36.1 Å². The average Bonchev–Trinajstić information content (AvgIpc) is 3.08. The SMILES string of the molecule is CNc1nc(Oc2ccc(F)cc2)n(Cc2ccc(Cl)cc2)c1C(=O)NCCCO. The molecule has 7 nitrogen and oxygen atoms in total. The average molecular weight is 433 g/mol. The molecule has 0 radical (unpaired) electrons. The van der Waals surface area contributed by atoms with Crippen LogP contribution in [-0.2, 0) is 6.54 Å². The summed E-state index contributed by atoms with van der Waals surface area (Å²) in [4.78, 5) is 17.3. The summed E-state index contributed by atoms with van der Waals surface area (Å²) in [5.41, 5.74) is 1.16. The first-order chi connectivity index (χ1) is 14.5. The third kappa shape index (κ3) is 5.28. The molecule has 0 saturated heterocycles. The van der Waals surface area contributed by atoms with Crippen LogP contribution in [0.5, 0.6) is 11.8 Å². The van der Waals surface area contributed by atoms with Gasteiger partial charge in [-0.05, 0) is 48.4 Å². The number of rotatable bonds is 9. The lowest BCUT2D eigenvalue weighted by Gasteiger charge is -2.13. The van der Waals surface area contributed by atoms with Crippen LogP contribution in [0, 0.1) is 5.82 Å². The van der Waals surface area contributed by atoms with E-state index in [1.807, 2.05) is 12.1 Å². The van der Waals surface area contributed by atoms with Gasteiger partial charge in [0.05, 0.1) is 6.54 Å². The predicted molar refractivity (Wildman–Crippen MR) is 113 cm³/mol. The first kappa shape index (κ1) is 21.6. The van der Waals surface area contributed by atoms with Gasteiger partial charge in [-0.1, -0.05) is 23.7 Å². The van der Waals surface area contributed by atoms with Gasteiger partial charge in [-0.2, -0.15) is 4.98 Å². The standard InChI is InChI=1S/C21H22ClFN4O3/c1-24-19-18(20(29)25-11-2-12-28)27(13-14-3-5-15(22)6-4-14)21(26-19)30-17-9-7-16(23)8-10-17/h3-10,24,28H,2,11-13H2,1H3,(H,25,29). The van der Waals surface area contributed by atoms with E-state index in [2.05, 4.69) is 15.6 Å². The normalized spacial score (nSPS) is 10.7. The van der Waals surface area contributed by atoms with E-state index in [9.17, 15) is 9.18 Å². The van der Waals surface area contributed by atoms with Crippen molar-refractivity contribution in [2.24, 2.45) is 0 Å². The molecule has 3 aromatic rings. The molecule has 0 atom stereocenters. The number of imidazole rings is 1. The molecule has 3 rings (SSSR count). The molecule has 30 heavy (non-hydrogen) atoms. The number of ether oxygens (including phenoxy) is 1. The molecule has 0 saturated carbocycles. The summed E-state index contributed by atoms with van der Waals surface area (Å²) in [7, 11) is 1.65.